The number of carbonyl (C=O) groups excluding carboxylic acids is 1. The lowest BCUT2D eigenvalue weighted by Gasteiger charge is -1.95. The first kappa shape index (κ1) is 9.04. The Morgan fingerprint density at radius 1 is 1.33 bits per heavy atom. The third kappa shape index (κ3) is 1.29. The fraction of sp³-hybridized carbons (Fsp3) is 0.500. The van der Waals surface area contributed by atoms with Gasteiger partial charge in [0.2, 0.25) is 0 Å². The molecule has 0 aliphatic heterocycles. The van der Waals surface area contributed by atoms with Crippen molar-refractivity contribution in [3.05, 3.63) is 22.6 Å². The standard InChI is InChI=1S/C10H14O2/c1-5-9-7(3)12-8(4)10(9)6(2)11/h5H2,1-4H3. The Bertz CT molecular complexity index is 308. The summed E-state index contributed by atoms with van der Waals surface area (Å²) < 4.78 is 5.38. The fourth-order valence-electron chi connectivity index (χ4n) is 1.62. The van der Waals surface area contributed by atoms with Crippen LogP contribution in [-0.2, 0) is 6.42 Å². The smallest absolute Gasteiger partial charge is 0.163 e. The highest BCUT2D eigenvalue weighted by Gasteiger charge is 2.16. The van der Waals surface area contributed by atoms with E-state index in [0.29, 0.717) is 0 Å². The van der Waals surface area contributed by atoms with Crippen LogP contribution in [0.5, 0.6) is 0 Å². The zero-order valence-corrected chi connectivity index (χ0v) is 8.02. The summed E-state index contributed by atoms with van der Waals surface area (Å²) in [5, 5.41) is 0. The summed E-state index contributed by atoms with van der Waals surface area (Å²) in [5.41, 5.74) is 1.83. The van der Waals surface area contributed by atoms with Crippen molar-refractivity contribution >= 4 is 5.78 Å². The molecule has 1 rings (SSSR count). The molecule has 0 spiro atoms. The molecule has 0 atom stereocenters. The molecule has 1 aromatic heterocycles. The summed E-state index contributed by atoms with van der Waals surface area (Å²) in [6.07, 6.45) is 0.859. The summed E-state index contributed by atoms with van der Waals surface area (Å²) in [5.74, 6) is 1.72. The molecule has 2 nitrogen and oxygen atoms in total. The summed E-state index contributed by atoms with van der Waals surface area (Å²) >= 11 is 0. The Morgan fingerprint density at radius 2 is 1.92 bits per heavy atom. The molecule has 0 N–H and O–H groups in total. The summed E-state index contributed by atoms with van der Waals surface area (Å²) in [6, 6.07) is 0. The molecule has 0 aliphatic rings. The lowest BCUT2D eigenvalue weighted by Crippen LogP contribution is -1.97. The maximum absolute atomic E-state index is 11.2. The number of aryl methyl sites for hydroxylation is 2. The monoisotopic (exact) mass is 166 g/mol. The van der Waals surface area contributed by atoms with Crippen molar-refractivity contribution < 1.29 is 9.21 Å². The van der Waals surface area contributed by atoms with Gasteiger partial charge in [0, 0.05) is 5.56 Å². The second kappa shape index (κ2) is 3.13. The van der Waals surface area contributed by atoms with Crippen molar-refractivity contribution in [1.29, 1.82) is 0 Å². The van der Waals surface area contributed by atoms with E-state index in [-0.39, 0.29) is 5.78 Å². The van der Waals surface area contributed by atoms with Crippen LogP contribution in [0, 0.1) is 13.8 Å². The van der Waals surface area contributed by atoms with Crippen molar-refractivity contribution in [3.63, 3.8) is 0 Å². The largest absolute Gasteiger partial charge is 0.466 e. The van der Waals surface area contributed by atoms with Gasteiger partial charge in [-0.3, -0.25) is 4.79 Å². The van der Waals surface area contributed by atoms with Crippen LogP contribution in [0.4, 0.5) is 0 Å². The van der Waals surface area contributed by atoms with E-state index < -0.39 is 0 Å². The van der Waals surface area contributed by atoms with E-state index in [9.17, 15) is 4.79 Å². The van der Waals surface area contributed by atoms with Crippen LogP contribution in [0.1, 0.15) is 41.3 Å². The van der Waals surface area contributed by atoms with Gasteiger partial charge in [0.25, 0.3) is 0 Å². The van der Waals surface area contributed by atoms with Gasteiger partial charge in [0.05, 0.1) is 5.56 Å². The minimum absolute atomic E-state index is 0.0983. The molecule has 0 saturated carbocycles. The zero-order chi connectivity index (χ0) is 9.30. The number of carbonyl (C=O) groups is 1. The van der Waals surface area contributed by atoms with E-state index in [2.05, 4.69) is 0 Å². The van der Waals surface area contributed by atoms with Gasteiger partial charge in [-0.1, -0.05) is 6.92 Å². The molecule has 1 aromatic rings. The molecule has 0 bridgehead atoms. The Balaban J connectivity index is 3.32. The highest BCUT2D eigenvalue weighted by Crippen LogP contribution is 2.22. The van der Waals surface area contributed by atoms with Crippen LogP contribution in [-0.4, -0.2) is 5.78 Å². The Hall–Kier alpha value is -1.05. The molecule has 66 valence electrons. The number of hydrogen-bond donors (Lipinski definition) is 0. The molecular formula is C10H14O2. The molecular weight excluding hydrogens is 152 g/mol. The molecule has 0 saturated heterocycles. The molecule has 0 unspecified atom stereocenters. The van der Waals surface area contributed by atoms with Crippen molar-refractivity contribution in [3.8, 4) is 0 Å². The third-order valence-electron chi connectivity index (χ3n) is 2.09. The average Bonchev–Trinajstić information content (AvgIpc) is 2.24. The summed E-state index contributed by atoms with van der Waals surface area (Å²) in [7, 11) is 0. The average molecular weight is 166 g/mol. The Labute approximate surface area is 72.6 Å². The number of Topliss-reactive ketones (excluding diaryl/α,β-unsaturated/α-hetero) is 1. The van der Waals surface area contributed by atoms with E-state index in [4.69, 9.17) is 4.42 Å². The first-order valence-corrected chi connectivity index (χ1v) is 4.17. The minimum Gasteiger partial charge on any atom is -0.466 e. The number of furan rings is 1. The zero-order valence-electron chi connectivity index (χ0n) is 8.02. The quantitative estimate of drug-likeness (QED) is 0.632. The molecule has 2 heteroatoms. The minimum atomic E-state index is 0.0983. The van der Waals surface area contributed by atoms with Crippen LogP contribution in [0.25, 0.3) is 0 Å². The maximum atomic E-state index is 11.2. The Morgan fingerprint density at radius 3 is 2.25 bits per heavy atom. The van der Waals surface area contributed by atoms with Gasteiger partial charge in [-0.25, -0.2) is 0 Å². The molecule has 0 fully saturated rings. The Kier molecular flexibility index (Phi) is 2.36. The normalized spacial score (nSPS) is 10.3. The van der Waals surface area contributed by atoms with Crippen LogP contribution in [0.15, 0.2) is 4.42 Å². The van der Waals surface area contributed by atoms with E-state index in [1.54, 1.807) is 6.92 Å². The predicted molar refractivity (Wildman–Crippen MR) is 47.6 cm³/mol. The highest BCUT2D eigenvalue weighted by atomic mass is 16.3. The second-order valence-electron chi connectivity index (χ2n) is 2.98. The van der Waals surface area contributed by atoms with Crippen molar-refractivity contribution in [2.45, 2.75) is 34.1 Å². The lowest BCUT2D eigenvalue weighted by atomic mass is 10.0. The molecule has 0 aromatic carbocycles. The molecule has 0 aliphatic carbocycles. The van der Waals surface area contributed by atoms with Gasteiger partial charge in [-0.2, -0.15) is 0 Å². The van der Waals surface area contributed by atoms with Crippen LogP contribution in [0.2, 0.25) is 0 Å². The van der Waals surface area contributed by atoms with Gasteiger partial charge in [0.1, 0.15) is 11.5 Å². The predicted octanol–water partition coefficient (Wildman–Crippen LogP) is 2.66. The van der Waals surface area contributed by atoms with Gasteiger partial charge in [-0.05, 0) is 27.2 Å². The van der Waals surface area contributed by atoms with Crippen LogP contribution < -0.4 is 0 Å². The number of rotatable bonds is 2. The lowest BCUT2D eigenvalue weighted by molar-refractivity contribution is 0.101. The van der Waals surface area contributed by atoms with Gasteiger partial charge >= 0.3 is 0 Å². The number of hydrogen-bond acceptors (Lipinski definition) is 2. The van der Waals surface area contributed by atoms with E-state index in [1.165, 1.54) is 0 Å². The van der Waals surface area contributed by atoms with E-state index in [1.807, 2.05) is 20.8 Å². The van der Waals surface area contributed by atoms with Crippen molar-refractivity contribution in [1.82, 2.24) is 0 Å². The SMILES string of the molecule is CCc1c(C)oc(C)c1C(C)=O. The van der Waals surface area contributed by atoms with Gasteiger partial charge < -0.3 is 4.42 Å². The summed E-state index contributed by atoms with van der Waals surface area (Å²) in [4.78, 5) is 11.2. The van der Waals surface area contributed by atoms with Gasteiger partial charge in [0.15, 0.2) is 5.78 Å². The van der Waals surface area contributed by atoms with E-state index >= 15 is 0 Å². The molecule has 12 heavy (non-hydrogen) atoms. The van der Waals surface area contributed by atoms with Crippen LogP contribution >= 0.6 is 0 Å². The fourth-order valence-corrected chi connectivity index (χ4v) is 1.62. The van der Waals surface area contributed by atoms with Crippen molar-refractivity contribution in [2.24, 2.45) is 0 Å². The van der Waals surface area contributed by atoms with Crippen molar-refractivity contribution in [2.75, 3.05) is 0 Å². The first-order valence-electron chi connectivity index (χ1n) is 4.17. The summed E-state index contributed by atoms with van der Waals surface area (Å²) in [6.45, 7) is 7.35. The molecule has 0 amide bonds. The van der Waals surface area contributed by atoms with Crippen LogP contribution in [0.3, 0.4) is 0 Å². The highest BCUT2D eigenvalue weighted by molar-refractivity contribution is 5.96. The number of ketones is 1. The molecule has 1 heterocycles. The van der Waals surface area contributed by atoms with Gasteiger partial charge in [-0.15, -0.1) is 0 Å². The maximum Gasteiger partial charge on any atom is 0.163 e. The van der Waals surface area contributed by atoms with E-state index in [0.717, 1.165) is 29.1 Å². The third-order valence-corrected chi connectivity index (χ3v) is 2.09. The molecule has 0 radical (unpaired) electrons. The topological polar surface area (TPSA) is 30.2 Å². The first-order chi connectivity index (χ1) is 5.57. The second-order valence-corrected chi connectivity index (χ2v) is 2.98.